The van der Waals surface area contributed by atoms with E-state index in [0.717, 1.165) is 28.4 Å². The molecule has 2 aliphatic rings. The number of hydrogen-bond acceptors (Lipinski definition) is 3. The van der Waals surface area contributed by atoms with Gasteiger partial charge in [-0.1, -0.05) is 0 Å². The maximum atomic E-state index is 5.63. The van der Waals surface area contributed by atoms with Crippen LogP contribution >= 0.6 is 15.9 Å². The second kappa shape index (κ2) is 5.10. The molecule has 1 aliphatic heterocycles. The quantitative estimate of drug-likeness (QED) is 0.927. The zero-order chi connectivity index (χ0) is 12.5. The predicted molar refractivity (Wildman–Crippen MR) is 74.2 cm³/mol. The lowest BCUT2D eigenvalue weighted by atomic mass is 10.1. The van der Waals surface area contributed by atoms with Crippen LogP contribution in [0.15, 0.2) is 16.6 Å². The molecule has 1 fully saturated rings. The normalized spacial score (nSPS) is 19.7. The molecular formula is C14H18BrNO2. The van der Waals surface area contributed by atoms with Gasteiger partial charge in [0.05, 0.1) is 4.47 Å². The Labute approximate surface area is 116 Å². The van der Waals surface area contributed by atoms with Crippen LogP contribution in [0.2, 0.25) is 0 Å². The molecule has 0 saturated heterocycles. The van der Waals surface area contributed by atoms with Crippen LogP contribution in [0.5, 0.6) is 11.5 Å². The van der Waals surface area contributed by atoms with E-state index < -0.39 is 0 Å². The number of hydrogen-bond donors (Lipinski definition) is 1. The van der Waals surface area contributed by atoms with Crippen molar-refractivity contribution in [2.75, 3.05) is 13.2 Å². The maximum Gasteiger partial charge on any atom is 0.175 e. The molecule has 0 aromatic heterocycles. The molecule has 0 radical (unpaired) electrons. The van der Waals surface area contributed by atoms with Gasteiger partial charge >= 0.3 is 0 Å². The first-order valence-electron chi connectivity index (χ1n) is 6.55. The Morgan fingerprint density at radius 2 is 2.11 bits per heavy atom. The SMILES string of the molecule is CC(NCc1cc(Br)c2c(c1)OCCO2)C1CC1. The maximum absolute atomic E-state index is 5.63. The summed E-state index contributed by atoms with van der Waals surface area (Å²) in [6.45, 7) is 4.41. The molecule has 0 bridgehead atoms. The minimum absolute atomic E-state index is 0.608. The van der Waals surface area contributed by atoms with Crippen molar-refractivity contribution in [3.63, 3.8) is 0 Å². The number of nitrogens with one attached hydrogen (secondary N) is 1. The van der Waals surface area contributed by atoms with E-state index in [0.29, 0.717) is 19.3 Å². The molecular weight excluding hydrogens is 294 g/mol. The Bertz CT molecular complexity index is 446. The molecule has 1 saturated carbocycles. The molecule has 1 atom stereocenters. The van der Waals surface area contributed by atoms with Crippen molar-refractivity contribution < 1.29 is 9.47 Å². The van der Waals surface area contributed by atoms with E-state index >= 15 is 0 Å². The molecule has 1 aromatic carbocycles. The first-order valence-corrected chi connectivity index (χ1v) is 7.35. The minimum Gasteiger partial charge on any atom is -0.486 e. The highest BCUT2D eigenvalue weighted by atomic mass is 79.9. The second-order valence-electron chi connectivity index (χ2n) is 5.11. The van der Waals surface area contributed by atoms with Crippen LogP contribution in [0.4, 0.5) is 0 Å². The van der Waals surface area contributed by atoms with Gasteiger partial charge in [0.2, 0.25) is 0 Å². The van der Waals surface area contributed by atoms with Gasteiger partial charge in [0.1, 0.15) is 13.2 Å². The van der Waals surface area contributed by atoms with E-state index in [9.17, 15) is 0 Å². The van der Waals surface area contributed by atoms with Crippen molar-refractivity contribution in [1.29, 1.82) is 0 Å². The monoisotopic (exact) mass is 311 g/mol. The molecule has 3 nitrogen and oxygen atoms in total. The third kappa shape index (κ3) is 2.64. The standard InChI is InChI=1S/C14H18BrNO2/c1-9(11-2-3-11)16-8-10-6-12(15)14-13(7-10)17-4-5-18-14/h6-7,9,11,16H,2-5,8H2,1H3. The molecule has 1 aliphatic carbocycles. The summed E-state index contributed by atoms with van der Waals surface area (Å²) in [7, 11) is 0. The molecule has 1 aromatic rings. The molecule has 1 N–H and O–H groups in total. The molecule has 1 unspecified atom stereocenters. The average Bonchev–Trinajstić information content (AvgIpc) is 3.20. The molecule has 0 amide bonds. The number of rotatable bonds is 4. The van der Waals surface area contributed by atoms with Gasteiger partial charge in [-0.25, -0.2) is 0 Å². The summed E-state index contributed by atoms with van der Waals surface area (Å²) >= 11 is 3.55. The summed E-state index contributed by atoms with van der Waals surface area (Å²) in [6, 6.07) is 4.79. The van der Waals surface area contributed by atoms with Crippen LogP contribution in [0.25, 0.3) is 0 Å². The third-order valence-electron chi connectivity index (χ3n) is 3.61. The topological polar surface area (TPSA) is 30.5 Å². The summed E-state index contributed by atoms with van der Waals surface area (Å²) in [6.07, 6.45) is 2.75. The van der Waals surface area contributed by atoms with Gasteiger partial charge < -0.3 is 14.8 Å². The summed E-state index contributed by atoms with van der Waals surface area (Å²) in [4.78, 5) is 0. The first kappa shape index (κ1) is 12.3. The third-order valence-corrected chi connectivity index (χ3v) is 4.20. The van der Waals surface area contributed by atoms with E-state index in [1.165, 1.54) is 18.4 Å². The fraction of sp³-hybridized carbons (Fsp3) is 0.571. The molecule has 0 spiro atoms. The van der Waals surface area contributed by atoms with Gasteiger partial charge in [0.25, 0.3) is 0 Å². The summed E-state index contributed by atoms with van der Waals surface area (Å²) in [5.74, 6) is 2.57. The van der Waals surface area contributed by atoms with Crippen molar-refractivity contribution in [2.24, 2.45) is 5.92 Å². The van der Waals surface area contributed by atoms with Crippen molar-refractivity contribution >= 4 is 15.9 Å². The highest BCUT2D eigenvalue weighted by molar-refractivity contribution is 9.10. The summed E-state index contributed by atoms with van der Waals surface area (Å²) < 4.78 is 12.2. The van der Waals surface area contributed by atoms with E-state index in [4.69, 9.17) is 9.47 Å². The Morgan fingerprint density at radius 3 is 2.89 bits per heavy atom. The molecule has 3 rings (SSSR count). The number of benzene rings is 1. The zero-order valence-corrected chi connectivity index (χ0v) is 12.1. The first-order chi connectivity index (χ1) is 8.74. The lowest BCUT2D eigenvalue weighted by Crippen LogP contribution is -2.27. The van der Waals surface area contributed by atoms with Gasteiger partial charge in [-0.3, -0.25) is 0 Å². The van der Waals surface area contributed by atoms with E-state index in [-0.39, 0.29) is 0 Å². The van der Waals surface area contributed by atoms with Crippen molar-refractivity contribution in [3.8, 4) is 11.5 Å². The van der Waals surface area contributed by atoms with Crippen molar-refractivity contribution in [3.05, 3.63) is 22.2 Å². The van der Waals surface area contributed by atoms with Crippen molar-refractivity contribution in [2.45, 2.75) is 32.4 Å². The Balaban J connectivity index is 1.70. The molecule has 98 valence electrons. The Morgan fingerprint density at radius 1 is 1.33 bits per heavy atom. The molecule has 4 heteroatoms. The van der Waals surface area contributed by atoms with Crippen LogP contribution in [0, 0.1) is 5.92 Å². The van der Waals surface area contributed by atoms with E-state index in [2.05, 4.69) is 40.3 Å². The van der Waals surface area contributed by atoms with Crippen LogP contribution in [0.3, 0.4) is 0 Å². The Kier molecular flexibility index (Phi) is 3.48. The van der Waals surface area contributed by atoms with Crippen LogP contribution in [-0.2, 0) is 6.54 Å². The van der Waals surface area contributed by atoms with Gasteiger partial charge in [-0.05, 0) is 59.3 Å². The minimum atomic E-state index is 0.608. The summed E-state index contributed by atoms with van der Waals surface area (Å²) in [5.41, 5.74) is 1.23. The largest absolute Gasteiger partial charge is 0.486 e. The van der Waals surface area contributed by atoms with E-state index in [1.54, 1.807) is 0 Å². The number of ether oxygens (including phenoxy) is 2. The highest BCUT2D eigenvalue weighted by Crippen LogP contribution is 2.38. The molecule has 18 heavy (non-hydrogen) atoms. The second-order valence-corrected chi connectivity index (χ2v) is 5.96. The van der Waals surface area contributed by atoms with Crippen molar-refractivity contribution in [1.82, 2.24) is 5.32 Å². The van der Waals surface area contributed by atoms with Crippen LogP contribution < -0.4 is 14.8 Å². The van der Waals surface area contributed by atoms with E-state index in [1.807, 2.05) is 0 Å². The zero-order valence-electron chi connectivity index (χ0n) is 10.5. The summed E-state index contributed by atoms with van der Waals surface area (Å²) in [5, 5.41) is 3.58. The fourth-order valence-electron chi connectivity index (χ4n) is 2.31. The molecule has 1 heterocycles. The Hall–Kier alpha value is -0.740. The van der Waals surface area contributed by atoms with Gasteiger partial charge in [-0.2, -0.15) is 0 Å². The number of halogens is 1. The average molecular weight is 312 g/mol. The lowest BCUT2D eigenvalue weighted by molar-refractivity contribution is 0.170. The predicted octanol–water partition coefficient (Wildman–Crippen LogP) is 3.11. The lowest BCUT2D eigenvalue weighted by Gasteiger charge is -2.21. The smallest absolute Gasteiger partial charge is 0.175 e. The number of fused-ring (bicyclic) bond motifs is 1. The van der Waals surface area contributed by atoms with Crippen LogP contribution in [-0.4, -0.2) is 19.3 Å². The highest BCUT2D eigenvalue weighted by Gasteiger charge is 2.27. The van der Waals surface area contributed by atoms with Gasteiger partial charge in [0, 0.05) is 12.6 Å². The van der Waals surface area contributed by atoms with Gasteiger partial charge in [0.15, 0.2) is 11.5 Å². The van der Waals surface area contributed by atoms with Crippen LogP contribution in [0.1, 0.15) is 25.3 Å². The van der Waals surface area contributed by atoms with Gasteiger partial charge in [-0.15, -0.1) is 0 Å². The fourth-order valence-corrected chi connectivity index (χ4v) is 2.91.